The van der Waals surface area contributed by atoms with Gasteiger partial charge in [0, 0.05) is 10.7 Å². The van der Waals surface area contributed by atoms with E-state index in [4.69, 9.17) is 16.3 Å². The van der Waals surface area contributed by atoms with Crippen LogP contribution in [0.4, 0.5) is 11.4 Å². The second kappa shape index (κ2) is 8.96. The van der Waals surface area contributed by atoms with Gasteiger partial charge in [-0.1, -0.05) is 30.7 Å². The number of allylic oxidation sites excluding steroid dienone is 2. The highest BCUT2D eigenvalue weighted by atomic mass is 35.5. The lowest BCUT2D eigenvalue weighted by Crippen LogP contribution is -2.31. The fourth-order valence-corrected chi connectivity index (χ4v) is 4.22. The number of fused-ring (bicyclic) bond motifs is 1. The van der Waals surface area contributed by atoms with Crippen molar-refractivity contribution in [3.63, 3.8) is 0 Å². The van der Waals surface area contributed by atoms with Crippen molar-refractivity contribution < 1.29 is 23.9 Å². The van der Waals surface area contributed by atoms with Crippen LogP contribution in [0.3, 0.4) is 0 Å². The maximum absolute atomic E-state index is 12.9. The minimum absolute atomic E-state index is 0.00321. The minimum Gasteiger partial charge on any atom is -0.452 e. The van der Waals surface area contributed by atoms with E-state index < -0.39 is 18.5 Å². The standard InChI is InChI=1S/C24H21ClN2O5/c1-14-3-2-4-19-21(14)23(30)27(22(19)29)18-11-5-15(6-12-18)24(31)32-13-20(28)26-17-9-7-16(25)8-10-17/h2-3,5-12,14,19,21H,4,13H2,1H3,(H,26,28)/t14-,19+,21+/m1/s1. The van der Waals surface area contributed by atoms with Crippen LogP contribution in [0.5, 0.6) is 0 Å². The van der Waals surface area contributed by atoms with Crippen molar-refractivity contribution in [2.24, 2.45) is 17.8 Å². The van der Waals surface area contributed by atoms with Gasteiger partial charge >= 0.3 is 5.97 Å². The summed E-state index contributed by atoms with van der Waals surface area (Å²) in [6.07, 6.45) is 4.47. The Balaban J connectivity index is 1.36. The van der Waals surface area contributed by atoms with E-state index in [0.29, 0.717) is 22.8 Å². The zero-order valence-corrected chi connectivity index (χ0v) is 18.0. The summed E-state index contributed by atoms with van der Waals surface area (Å²) in [5, 5.41) is 3.14. The van der Waals surface area contributed by atoms with Crippen LogP contribution < -0.4 is 10.2 Å². The van der Waals surface area contributed by atoms with Gasteiger partial charge in [0.25, 0.3) is 5.91 Å². The lowest BCUT2D eigenvalue weighted by atomic mass is 9.78. The van der Waals surface area contributed by atoms with Crippen LogP contribution in [-0.4, -0.2) is 30.3 Å². The number of anilines is 2. The van der Waals surface area contributed by atoms with Gasteiger partial charge < -0.3 is 10.1 Å². The topological polar surface area (TPSA) is 92.8 Å². The summed E-state index contributed by atoms with van der Waals surface area (Å²) in [7, 11) is 0. The molecule has 0 unspecified atom stereocenters. The molecule has 0 spiro atoms. The van der Waals surface area contributed by atoms with E-state index in [0.717, 1.165) is 0 Å². The largest absolute Gasteiger partial charge is 0.452 e. The molecule has 3 atom stereocenters. The molecule has 0 radical (unpaired) electrons. The van der Waals surface area contributed by atoms with Gasteiger partial charge in [0.15, 0.2) is 6.61 Å². The number of hydrogen-bond donors (Lipinski definition) is 1. The zero-order valence-electron chi connectivity index (χ0n) is 17.3. The quantitative estimate of drug-likeness (QED) is 0.422. The van der Waals surface area contributed by atoms with Crippen molar-refractivity contribution in [1.29, 1.82) is 0 Å². The Kier molecular flexibility index (Phi) is 6.10. The Morgan fingerprint density at radius 1 is 1.06 bits per heavy atom. The number of nitrogens with one attached hydrogen (secondary N) is 1. The van der Waals surface area contributed by atoms with Crippen LogP contribution in [0.1, 0.15) is 23.7 Å². The molecule has 1 aliphatic carbocycles. The van der Waals surface area contributed by atoms with E-state index in [1.165, 1.54) is 29.2 Å². The predicted molar refractivity (Wildman–Crippen MR) is 119 cm³/mol. The number of esters is 1. The summed E-state index contributed by atoms with van der Waals surface area (Å²) in [5.74, 6) is -2.30. The molecule has 1 N–H and O–H groups in total. The van der Waals surface area contributed by atoms with E-state index in [9.17, 15) is 19.2 Å². The van der Waals surface area contributed by atoms with Gasteiger partial charge in [0.05, 0.1) is 23.1 Å². The molecule has 2 aliphatic rings. The van der Waals surface area contributed by atoms with Crippen LogP contribution in [0, 0.1) is 17.8 Å². The molecule has 4 rings (SSSR count). The van der Waals surface area contributed by atoms with Gasteiger partial charge in [-0.3, -0.25) is 19.3 Å². The normalized spacial score (nSPS) is 21.9. The summed E-state index contributed by atoms with van der Waals surface area (Å²) in [6.45, 7) is 1.48. The molecule has 2 aromatic carbocycles. The molecule has 1 fully saturated rings. The molecule has 0 saturated carbocycles. The van der Waals surface area contributed by atoms with Gasteiger partial charge in [-0.25, -0.2) is 4.79 Å². The number of hydrogen-bond acceptors (Lipinski definition) is 5. The second-order valence-electron chi connectivity index (χ2n) is 7.85. The van der Waals surface area contributed by atoms with E-state index in [1.54, 1.807) is 24.3 Å². The first-order chi connectivity index (χ1) is 15.3. The molecule has 7 nitrogen and oxygen atoms in total. The number of carbonyl (C=O) groups is 4. The molecule has 164 valence electrons. The third kappa shape index (κ3) is 4.29. The molecule has 0 aromatic heterocycles. The lowest BCUT2D eigenvalue weighted by molar-refractivity contribution is -0.123. The molecular formula is C24H21ClN2O5. The highest BCUT2D eigenvalue weighted by molar-refractivity contribution is 6.30. The maximum atomic E-state index is 12.9. The van der Waals surface area contributed by atoms with Crippen LogP contribution in [0.25, 0.3) is 0 Å². The molecule has 1 heterocycles. The molecule has 1 aliphatic heterocycles. The molecule has 8 heteroatoms. The SMILES string of the molecule is C[C@@H]1C=CC[C@@H]2C(=O)N(c3ccc(C(=O)OCC(=O)Nc4ccc(Cl)cc4)cc3)C(=O)[C@@H]12. The summed E-state index contributed by atoms with van der Waals surface area (Å²) < 4.78 is 5.05. The number of halogens is 1. The first kappa shape index (κ1) is 21.8. The van der Waals surface area contributed by atoms with Crippen molar-refractivity contribution in [3.05, 3.63) is 71.3 Å². The number of benzene rings is 2. The summed E-state index contributed by atoms with van der Waals surface area (Å²) >= 11 is 5.80. The fraction of sp³-hybridized carbons (Fsp3) is 0.250. The smallest absolute Gasteiger partial charge is 0.338 e. The zero-order chi connectivity index (χ0) is 22.8. The molecule has 2 aromatic rings. The van der Waals surface area contributed by atoms with Crippen molar-refractivity contribution in [2.45, 2.75) is 13.3 Å². The maximum Gasteiger partial charge on any atom is 0.338 e. The van der Waals surface area contributed by atoms with Crippen molar-refractivity contribution >= 4 is 46.7 Å². The van der Waals surface area contributed by atoms with Crippen molar-refractivity contribution in [3.8, 4) is 0 Å². The van der Waals surface area contributed by atoms with Gasteiger partial charge in [-0.2, -0.15) is 0 Å². The molecule has 0 bridgehead atoms. The number of rotatable bonds is 5. The number of ether oxygens (including phenoxy) is 1. The lowest BCUT2D eigenvalue weighted by Gasteiger charge is -2.22. The van der Waals surface area contributed by atoms with E-state index >= 15 is 0 Å². The van der Waals surface area contributed by atoms with Gasteiger partial charge in [-0.05, 0) is 60.9 Å². The third-order valence-corrected chi connectivity index (χ3v) is 5.95. The number of amides is 3. The monoisotopic (exact) mass is 452 g/mol. The Morgan fingerprint density at radius 3 is 2.41 bits per heavy atom. The van der Waals surface area contributed by atoms with Gasteiger partial charge in [0.1, 0.15) is 0 Å². The van der Waals surface area contributed by atoms with E-state index in [2.05, 4.69) is 5.32 Å². The Hall–Kier alpha value is -3.45. The van der Waals surface area contributed by atoms with E-state index in [1.807, 2.05) is 19.1 Å². The van der Waals surface area contributed by atoms with E-state index in [-0.39, 0.29) is 35.1 Å². The van der Waals surface area contributed by atoms with Crippen LogP contribution >= 0.6 is 11.6 Å². The second-order valence-corrected chi connectivity index (χ2v) is 8.28. The Bertz CT molecular complexity index is 1090. The van der Waals surface area contributed by atoms with Crippen LogP contribution in [-0.2, 0) is 19.1 Å². The predicted octanol–water partition coefficient (Wildman–Crippen LogP) is 3.84. The first-order valence-corrected chi connectivity index (χ1v) is 10.6. The summed E-state index contributed by atoms with van der Waals surface area (Å²) in [4.78, 5) is 51.1. The highest BCUT2D eigenvalue weighted by Gasteiger charge is 2.50. The number of nitrogens with zero attached hydrogens (tertiary/aromatic N) is 1. The fourth-order valence-electron chi connectivity index (χ4n) is 4.09. The highest BCUT2D eigenvalue weighted by Crippen LogP contribution is 2.40. The molecule has 1 saturated heterocycles. The molecule has 32 heavy (non-hydrogen) atoms. The summed E-state index contributed by atoms with van der Waals surface area (Å²) in [6, 6.07) is 12.5. The van der Waals surface area contributed by atoms with Crippen LogP contribution in [0.2, 0.25) is 5.02 Å². The average molecular weight is 453 g/mol. The Morgan fingerprint density at radius 2 is 1.75 bits per heavy atom. The van der Waals surface area contributed by atoms with Gasteiger partial charge in [-0.15, -0.1) is 0 Å². The van der Waals surface area contributed by atoms with Gasteiger partial charge in [0.2, 0.25) is 11.8 Å². The minimum atomic E-state index is -0.687. The molecule has 3 amide bonds. The first-order valence-electron chi connectivity index (χ1n) is 10.2. The third-order valence-electron chi connectivity index (χ3n) is 5.70. The number of imide groups is 1. The number of carbonyl (C=O) groups excluding carboxylic acids is 4. The Labute approximate surface area is 190 Å². The summed E-state index contributed by atoms with van der Waals surface area (Å²) in [5.41, 5.74) is 1.16. The van der Waals surface area contributed by atoms with Crippen molar-refractivity contribution in [2.75, 3.05) is 16.8 Å². The average Bonchev–Trinajstić information content (AvgIpc) is 3.05. The van der Waals surface area contributed by atoms with Crippen LogP contribution in [0.15, 0.2) is 60.7 Å². The molecular weight excluding hydrogens is 432 g/mol. The van der Waals surface area contributed by atoms with Crippen molar-refractivity contribution in [1.82, 2.24) is 0 Å².